The lowest BCUT2D eigenvalue weighted by atomic mass is 10.2. The van der Waals surface area contributed by atoms with E-state index in [-0.39, 0.29) is 24.9 Å². The van der Waals surface area contributed by atoms with Crippen LogP contribution < -0.4 is 22.6 Å². The molecule has 0 aliphatic carbocycles. The zero-order valence-corrected chi connectivity index (χ0v) is 12.7. The third-order valence-electron chi connectivity index (χ3n) is 3.24. The molecule has 1 amide bonds. The molecule has 112 valence electrons. The number of likely N-dealkylation sites (N-methyl/N-ethyl adjacent to an activating group) is 1. The van der Waals surface area contributed by atoms with E-state index >= 15 is 0 Å². The van der Waals surface area contributed by atoms with Gasteiger partial charge in [0.15, 0.2) is 6.61 Å². The molecule has 0 aromatic heterocycles. The minimum Gasteiger partial charge on any atom is -1.00 e. The van der Waals surface area contributed by atoms with Crippen LogP contribution in [0.25, 0.3) is 0 Å². The molecule has 1 aliphatic heterocycles. The number of hydrogen-bond acceptors (Lipinski definition) is 4. The molecule has 20 heavy (non-hydrogen) atoms. The molecule has 0 saturated carbocycles. The summed E-state index contributed by atoms with van der Waals surface area (Å²) in [4.78, 5) is 14.0. The van der Waals surface area contributed by atoms with E-state index < -0.39 is 0 Å². The fraction of sp³-hybridized carbons (Fsp3) is 0.500. The molecular weight excluding hydrogens is 278 g/mol. The highest BCUT2D eigenvalue weighted by atomic mass is 35.5. The average Bonchev–Trinajstić information content (AvgIpc) is 2.40. The lowest BCUT2D eigenvalue weighted by Crippen LogP contribution is -3.00. The van der Waals surface area contributed by atoms with Crippen molar-refractivity contribution in [3.05, 3.63) is 29.8 Å². The van der Waals surface area contributed by atoms with Gasteiger partial charge in [-0.1, -0.05) is 18.2 Å². The quantitative estimate of drug-likeness (QED) is 0.677. The predicted octanol–water partition coefficient (Wildman–Crippen LogP) is -2.34. The number of amides is 1. The van der Waals surface area contributed by atoms with Crippen molar-refractivity contribution in [3.8, 4) is 5.75 Å². The highest BCUT2D eigenvalue weighted by molar-refractivity contribution is 5.77. The maximum Gasteiger partial charge on any atom is 0.272 e. The van der Waals surface area contributed by atoms with E-state index in [0.717, 1.165) is 37.5 Å². The third-order valence-corrected chi connectivity index (χ3v) is 3.24. The molecule has 1 fully saturated rings. The van der Waals surface area contributed by atoms with Crippen LogP contribution in [0.2, 0.25) is 0 Å². The van der Waals surface area contributed by atoms with Crippen LogP contribution in [0.1, 0.15) is 5.56 Å². The van der Waals surface area contributed by atoms with Crippen molar-refractivity contribution in [2.75, 3.05) is 39.8 Å². The fourth-order valence-corrected chi connectivity index (χ4v) is 1.99. The van der Waals surface area contributed by atoms with E-state index in [2.05, 4.69) is 17.4 Å². The summed E-state index contributed by atoms with van der Waals surface area (Å²) in [6.45, 7) is 5.67. The molecule has 1 aromatic carbocycles. The topological polar surface area (TPSA) is 44.8 Å². The first-order valence-corrected chi connectivity index (χ1v) is 6.56. The number of hydrazine groups is 1. The Morgan fingerprint density at radius 3 is 2.55 bits per heavy atom. The first kappa shape index (κ1) is 16.8. The molecular formula is C14H21ClN3O2-. The number of hydrogen-bond donors (Lipinski definition) is 1. The molecule has 0 radical (unpaired) electrons. The third kappa shape index (κ3) is 5.00. The summed E-state index contributed by atoms with van der Waals surface area (Å²) in [6.07, 6.45) is 0. The SMILES string of the molecule is Cc1ccccc1OCC(=O)NN1CCN(C)CC1.[Cl-]. The van der Waals surface area contributed by atoms with Gasteiger partial charge in [-0.25, -0.2) is 5.01 Å². The van der Waals surface area contributed by atoms with E-state index in [1.54, 1.807) is 0 Å². The van der Waals surface area contributed by atoms with Crippen LogP contribution in [-0.4, -0.2) is 55.6 Å². The lowest BCUT2D eigenvalue weighted by Gasteiger charge is -2.32. The predicted molar refractivity (Wildman–Crippen MR) is 73.9 cm³/mol. The normalized spacial score (nSPS) is 16.3. The van der Waals surface area contributed by atoms with Crippen LogP contribution in [-0.2, 0) is 4.79 Å². The standard InChI is InChI=1S/C14H21N3O2.ClH/c1-12-5-3-4-6-13(12)19-11-14(18)15-17-9-7-16(2)8-10-17;/h3-6H,7-11H2,1-2H3,(H,15,18);1H/p-1. The number of carbonyl (C=O) groups is 1. The van der Waals surface area contributed by atoms with Crippen LogP contribution in [0, 0.1) is 6.92 Å². The summed E-state index contributed by atoms with van der Waals surface area (Å²) < 4.78 is 5.51. The van der Waals surface area contributed by atoms with Gasteiger partial charge in [0.1, 0.15) is 5.75 Å². The molecule has 0 unspecified atom stereocenters. The number of ether oxygens (including phenoxy) is 1. The van der Waals surface area contributed by atoms with Gasteiger partial charge in [-0.15, -0.1) is 0 Å². The van der Waals surface area contributed by atoms with Crippen LogP contribution in [0.15, 0.2) is 24.3 Å². The van der Waals surface area contributed by atoms with Gasteiger partial charge in [0.05, 0.1) is 0 Å². The van der Waals surface area contributed by atoms with Crippen LogP contribution in [0.4, 0.5) is 0 Å². The van der Waals surface area contributed by atoms with Gasteiger partial charge < -0.3 is 22.0 Å². The van der Waals surface area contributed by atoms with Crippen molar-refractivity contribution >= 4 is 5.91 Å². The van der Waals surface area contributed by atoms with Crippen LogP contribution in [0.3, 0.4) is 0 Å². The number of nitrogens with one attached hydrogen (secondary N) is 1. The number of carbonyl (C=O) groups excluding carboxylic acids is 1. The van der Waals surface area contributed by atoms with E-state index in [1.165, 1.54) is 0 Å². The van der Waals surface area contributed by atoms with Crippen molar-refractivity contribution in [1.29, 1.82) is 0 Å². The smallest absolute Gasteiger partial charge is 0.272 e. The second-order valence-corrected chi connectivity index (χ2v) is 4.88. The van der Waals surface area contributed by atoms with Crippen molar-refractivity contribution in [2.45, 2.75) is 6.92 Å². The minimum absolute atomic E-state index is 0. The van der Waals surface area contributed by atoms with Gasteiger partial charge in [0.25, 0.3) is 5.91 Å². The molecule has 2 rings (SSSR count). The highest BCUT2D eigenvalue weighted by Gasteiger charge is 2.15. The van der Waals surface area contributed by atoms with Gasteiger partial charge in [0, 0.05) is 26.2 Å². The summed E-state index contributed by atoms with van der Waals surface area (Å²) in [5.41, 5.74) is 3.91. The van der Waals surface area contributed by atoms with Crippen molar-refractivity contribution < 1.29 is 21.9 Å². The summed E-state index contributed by atoms with van der Waals surface area (Å²) in [5, 5.41) is 1.95. The molecule has 0 bridgehead atoms. The number of benzene rings is 1. The number of halogens is 1. The second kappa shape index (κ2) is 8.09. The van der Waals surface area contributed by atoms with Gasteiger partial charge >= 0.3 is 0 Å². The first-order chi connectivity index (χ1) is 9.15. The number of rotatable bonds is 4. The van der Waals surface area contributed by atoms with Gasteiger partial charge in [0.2, 0.25) is 0 Å². The Labute approximate surface area is 126 Å². The molecule has 1 heterocycles. The molecule has 1 saturated heterocycles. The Kier molecular flexibility index (Phi) is 6.78. The largest absolute Gasteiger partial charge is 1.00 e. The maximum atomic E-state index is 11.8. The molecule has 0 atom stereocenters. The molecule has 1 N–H and O–H groups in total. The van der Waals surface area contributed by atoms with Crippen LogP contribution >= 0.6 is 0 Å². The Balaban J connectivity index is 0.00000200. The number of piperazine rings is 1. The molecule has 1 aliphatic rings. The molecule has 6 heteroatoms. The zero-order chi connectivity index (χ0) is 13.7. The van der Waals surface area contributed by atoms with Crippen LogP contribution in [0.5, 0.6) is 5.75 Å². The summed E-state index contributed by atoms with van der Waals surface area (Å²) in [5.74, 6) is 0.656. The van der Waals surface area contributed by atoms with Crippen molar-refractivity contribution in [3.63, 3.8) is 0 Å². The monoisotopic (exact) mass is 298 g/mol. The van der Waals surface area contributed by atoms with Gasteiger partial charge in [-0.05, 0) is 25.6 Å². The summed E-state index contributed by atoms with van der Waals surface area (Å²) >= 11 is 0. The van der Waals surface area contributed by atoms with E-state index in [4.69, 9.17) is 4.74 Å². The number of nitrogens with zero attached hydrogens (tertiary/aromatic N) is 2. The first-order valence-electron chi connectivity index (χ1n) is 6.56. The minimum atomic E-state index is -0.104. The zero-order valence-electron chi connectivity index (χ0n) is 11.9. The van der Waals surface area contributed by atoms with Gasteiger partial charge in [-0.3, -0.25) is 10.2 Å². The van der Waals surface area contributed by atoms with E-state index in [0.29, 0.717) is 0 Å². The second-order valence-electron chi connectivity index (χ2n) is 4.88. The summed E-state index contributed by atoms with van der Waals surface area (Å²) in [6, 6.07) is 7.69. The Bertz CT molecular complexity index is 434. The van der Waals surface area contributed by atoms with Crippen molar-refractivity contribution in [2.24, 2.45) is 0 Å². The van der Waals surface area contributed by atoms with E-state index in [1.807, 2.05) is 36.2 Å². The Hall–Kier alpha value is -1.30. The Morgan fingerprint density at radius 1 is 1.25 bits per heavy atom. The molecule has 0 spiro atoms. The summed E-state index contributed by atoms with van der Waals surface area (Å²) in [7, 11) is 2.08. The van der Waals surface area contributed by atoms with Gasteiger partial charge in [-0.2, -0.15) is 0 Å². The Morgan fingerprint density at radius 2 is 1.90 bits per heavy atom. The lowest BCUT2D eigenvalue weighted by molar-refractivity contribution is -0.128. The number of aryl methyl sites for hydroxylation is 1. The highest BCUT2D eigenvalue weighted by Crippen LogP contribution is 2.15. The maximum absolute atomic E-state index is 11.8. The average molecular weight is 299 g/mol. The number of para-hydroxylation sites is 1. The van der Waals surface area contributed by atoms with Crippen molar-refractivity contribution in [1.82, 2.24) is 15.3 Å². The van der Waals surface area contributed by atoms with E-state index in [9.17, 15) is 4.79 Å². The molecule has 1 aromatic rings. The molecule has 5 nitrogen and oxygen atoms in total. The fourth-order valence-electron chi connectivity index (χ4n) is 1.99.